The summed E-state index contributed by atoms with van der Waals surface area (Å²) in [7, 11) is -0.800. The van der Waals surface area contributed by atoms with E-state index in [4.69, 9.17) is 16.7 Å². The largest absolute Gasteiger partial charge is 0.387 e. The number of carbonyl (C=O) groups is 1. The second-order valence-electron chi connectivity index (χ2n) is 3.64. The third kappa shape index (κ3) is 3.20. The first kappa shape index (κ1) is 14.9. The summed E-state index contributed by atoms with van der Waals surface area (Å²) in [5.41, 5.74) is 0.138. The van der Waals surface area contributed by atoms with Gasteiger partial charge in [-0.1, -0.05) is 11.6 Å². The lowest BCUT2D eigenvalue weighted by Crippen LogP contribution is -2.22. The number of amides is 1. The maximum absolute atomic E-state index is 11.9. The van der Waals surface area contributed by atoms with Crippen molar-refractivity contribution in [3.05, 3.63) is 23.2 Å². The first-order chi connectivity index (χ1) is 8.28. The Bertz CT molecular complexity index is 557. The van der Waals surface area contributed by atoms with Crippen molar-refractivity contribution in [2.45, 2.75) is 4.90 Å². The van der Waals surface area contributed by atoms with Crippen molar-refractivity contribution in [2.75, 3.05) is 26.0 Å². The number of aliphatic hydroxyl groups is 1. The molecule has 1 amide bonds. The summed E-state index contributed by atoms with van der Waals surface area (Å²) in [6, 6.07) is 3.95. The van der Waals surface area contributed by atoms with Gasteiger partial charge >= 0.3 is 0 Å². The summed E-state index contributed by atoms with van der Waals surface area (Å²) in [6.45, 7) is -0.707. The molecule has 0 aromatic heterocycles. The molecule has 2 N–H and O–H groups in total. The van der Waals surface area contributed by atoms with E-state index in [1.165, 1.54) is 32.3 Å². The number of rotatable bonds is 4. The normalized spacial score (nSPS) is 11.6. The monoisotopic (exact) mass is 292 g/mol. The molecule has 0 aliphatic rings. The van der Waals surface area contributed by atoms with Gasteiger partial charge in [-0.3, -0.25) is 4.79 Å². The molecule has 0 aliphatic heterocycles. The van der Waals surface area contributed by atoms with Gasteiger partial charge in [0.25, 0.3) is 0 Å². The van der Waals surface area contributed by atoms with Crippen molar-refractivity contribution in [2.24, 2.45) is 0 Å². The molecule has 0 spiro atoms. The Morgan fingerprint density at radius 2 is 2.06 bits per heavy atom. The van der Waals surface area contributed by atoms with Gasteiger partial charge in [0.15, 0.2) is 0 Å². The Kier molecular flexibility index (Phi) is 4.69. The summed E-state index contributed by atoms with van der Waals surface area (Å²) in [6.07, 6.45) is 0. The van der Waals surface area contributed by atoms with Gasteiger partial charge in [0.1, 0.15) is 6.61 Å². The van der Waals surface area contributed by atoms with Gasteiger partial charge in [0.2, 0.25) is 15.9 Å². The van der Waals surface area contributed by atoms with Crippen LogP contribution in [0.4, 0.5) is 5.69 Å². The maximum atomic E-state index is 11.9. The molecule has 8 heteroatoms. The highest BCUT2D eigenvalue weighted by atomic mass is 35.5. The number of aliphatic hydroxyl groups excluding tert-OH is 1. The number of hydrogen-bond donors (Lipinski definition) is 2. The maximum Gasteiger partial charge on any atom is 0.250 e. The Morgan fingerprint density at radius 3 is 2.56 bits per heavy atom. The molecule has 0 saturated carbocycles. The number of halogens is 1. The topological polar surface area (TPSA) is 86.7 Å². The van der Waals surface area contributed by atoms with Gasteiger partial charge in [0, 0.05) is 14.1 Å². The van der Waals surface area contributed by atoms with Gasteiger partial charge in [-0.15, -0.1) is 0 Å². The van der Waals surface area contributed by atoms with Crippen molar-refractivity contribution in [3.63, 3.8) is 0 Å². The van der Waals surface area contributed by atoms with Crippen LogP contribution in [-0.4, -0.2) is 44.4 Å². The van der Waals surface area contributed by atoms with Crippen LogP contribution in [0.3, 0.4) is 0 Å². The molecule has 0 aliphatic carbocycles. The predicted octanol–water partition coefficient (Wildman–Crippen LogP) is 0.521. The highest BCUT2D eigenvalue weighted by Crippen LogP contribution is 2.26. The van der Waals surface area contributed by atoms with E-state index in [9.17, 15) is 13.2 Å². The zero-order valence-electron chi connectivity index (χ0n) is 9.84. The molecule has 18 heavy (non-hydrogen) atoms. The van der Waals surface area contributed by atoms with Crippen LogP contribution in [0.25, 0.3) is 0 Å². The number of nitrogens with one attached hydrogen (secondary N) is 1. The van der Waals surface area contributed by atoms with E-state index >= 15 is 0 Å². The van der Waals surface area contributed by atoms with E-state index in [2.05, 4.69) is 5.32 Å². The first-order valence-corrected chi connectivity index (χ1v) is 6.73. The molecule has 1 rings (SSSR count). The summed E-state index contributed by atoms with van der Waals surface area (Å²) in [4.78, 5) is 11.1. The van der Waals surface area contributed by atoms with Crippen molar-refractivity contribution in [3.8, 4) is 0 Å². The van der Waals surface area contributed by atoms with Gasteiger partial charge in [-0.05, 0) is 18.2 Å². The molecule has 1 aromatic carbocycles. The lowest BCUT2D eigenvalue weighted by Gasteiger charge is -2.13. The number of benzene rings is 1. The second-order valence-corrected chi connectivity index (χ2v) is 6.19. The summed E-state index contributed by atoms with van der Waals surface area (Å²) >= 11 is 5.82. The van der Waals surface area contributed by atoms with Crippen molar-refractivity contribution >= 4 is 33.2 Å². The molecule has 0 unspecified atom stereocenters. The number of anilines is 1. The molecule has 0 heterocycles. The first-order valence-electron chi connectivity index (χ1n) is 4.92. The third-order valence-electron chi connectivity index (χ3n) is 2.13. The molecular weight excluding hydrogens is 280 g/mol. The highest BCUT2D eigenvalue weighted by Gasteiger charge is 2.18. The van der Waals surface area contributed by atoms with Crippen LogP contribution in [-0.2, 0) is 14.8 Å². The van der Waals surface area contributed by atoms with Crippen LogP contribution in [0.1, 0.15) is 0 Å². The molecule has 0 saturated heterocycles. The number of hydrogen-bond acceptors (Lipinski definition) is 4. The third-order valence-corrected chi connectivity index (χ3v) is 4.27. The van der Waals surface area contributed by atoms with Gasteiger partial charge in [-0.2, -0.15) is 0 Å². The molecule has 6 nitrogen and oxygen atoms in total. The fraction of sp³-hybridized carbons (Fsp3) is 0.300. The van der Waals surface area contributed by atoms with Crippen molar-refractivity contribution in [1.29, 1.82) is 0 Å². The molecule has 0 fully saturated rings. The minimum Gasteiger partial charge on any atom is -0.387 e. The standard InChI is InChI=1S/C10H13ClN2O4S/c1-13(2)18(16,17)7-3-4-8(11)9(5-7)12-10(15)6-14/h3-5,14H,6H2,1-2H3,(H,12,15). The number of carbonyl (C=O) groups excluding carboxylic acids is 1. The summed E-state index contributed by atoms with van der Waals surface area (Å²) in [5, 5.41) is 11.1. The van der Waals surface area contributed by atoms with E-state index < -0.39 is 22.5 Å². The Labute approximate surface area is 110 Å². The van der Waals surface area contributed by atoms with Crippen molar-refractivity contribution in [1.82, 2.24) is 4.31 Å². The van der Waals surface area contributed by atoms with Crippen LogP contribution < -0.4 is 5.32 Å². The predicted molar refractivity (Wildman–Crippen MR) is 68.0 cm³/mol. The number of sulfonamides is 1. The van der Waals surface area contributed by atoms with E-state index in [1.54, 1.807) is 0 Å². The SMILES string of the molecule is CN(C)S(=O)(=O)c1ccc(Cl)c(NC(=O)CO)c1. The average Bonchev–Trinajstić information content (AvgIpc) is 2.31. The number of nitrogens with zero attached hydrogens (tertiary/aromatic N) is 1. The molecule has 0 bridgehead atoms. The van der Waals surface area contributed by atoms with Crippen LogP contribution in [0.2, 0.25) is 5.02 Å². The van der Waals surface area contributed by atoms with Gasteiger partial charge in [0.05, 0.1) is 15.6 Å². The zero-order valence-corrected chi connectivity index (χ0v) is 11.4. The molecule has 0 atom stereocenters. The quantitative estimate of drug-likeness (QED) is 0.847. The van der Waals surface area contributed by atoms with Gasteiger partial charge < -0.3 is 10.4 Å². The molecular formula is C10H13ClN2O4S. The Morgan fingerprint density at radius 1 is 1.44 bits per heavy atom. The minimum atomic E-state index is -3.60. The fourth-order valence-electron chi connectivity index (χ4n) is 1.16. The van der Waals surface area contributed by atoms with E-state index in [-0.39, 0.29) is 15.6 Å². The highest BCUT2D eigenvalue weighted by molar-refractivity contribution is 7.89. The minimum absolute atomic E-state index is 0.00476. The second kappa shape index (κ2) is 5.66. The molecule has 100 valence electrons. The lowest BCUT2D eigenvalue weighted by atomic mass is 10.3. The summed E-state index contributed by atoms with van der Waals surface area (Å²) in [5.74, 6) is -0.670. The van der Waals surface area contributed by atoms with E-state index in [0.29, 0.717) is 0 Å². The Balaban J connectivity index is 3.20. The molecule has 1 aromatic rings. The van der Waals surface area contributed by atoms with E-state index in [0.717, 1.165) is 4.31 Å². The zero-order chi connectivity index (χ0) is 13.9. The fourth-order valence-corrected chi connectivity index (χ4v) is 2.25. The van der Waals surface area contributed by atoms with Crippen molar-refractivity contribution < 1.29 is 18.3 Å². The van der Waals surface area contributed by atoms with Crippen LogP contribution in [0, 0.1) is 0 Å². The van der Waals surface area contributed by atoms with Crippen LogP contribution in [0.5, 0.6) is 0 Å². The van der Waals surface area contributed by atoms with Gasteiger partial charge in [-0.25, -0.2) is 12.7 Å². The summed E-state index contributed by atoms with van der Waals surface area (Å²) < 4.78 is 24.8. The van der Waals surface area contributed by atoms with Crippen LogP contribution >= 0.6 is 11.6 Å². The lowest BCUT2D eigenvalue weighted by molar-refractivity contribution is -0.118. The van der Waals surface area contributed by atoms with E-state index in [1.807, 2.05) is 0 Å². The van der Waals surface area contributed by atoms with Crippen LogP contribution in [0.15, 0.2) is 23.1 Å². The Hall–Kier alpha value is -1.15. The average molecular weight is 293 g/mol. The smallest absolute Gasteiger partial charge is 0.250 e. The molecule has 0 radical (unpaired) electrons.